The number of carbonyl (C=O) groups excluding carboxylic acids is 1. The van der Waals surface area contributed by atoms with Crippen LogP contribution in [-0.4, -0.2) is 81.9 Å². The molecule has 0 bridgehead atoms. The van der Waals surface area contributed by atoms with Crippen molar-refractivity contribution >= 4 is 16.1 Å². The van der Waals surface area contributed by atoms with Gasteiger partial charge in [-0.2, -0.15) is 4.31 Å². The maximum Gasteiger partial charge on any atom is 0.409 e. The summed E-state index contributed by atoms with van der Waals surface area (Å²) in [6.07, 6.45) is 2.99. The van der Waals surface area contributed by atoms with E-state index in [1.807, 2.05) is 6.92 Å². The molecule has 0 aliphatic carbocycles. The lowest BCUT2D eigenvalue weighted by molar-refractivity contribution is -0.930. The van der Waals surface area contributed by atoms with Crippen LogP contribution < -0.4 is 4.90 Å². The van der Waals surface area contributed by atoms with Crippen LogP contribution in [0.2, 0.25) is 0 Å². The minimum Gasteiger partial charge on any atom is -0.450 e. The summed E-state index contributed by atoms with van der Waals surface area (Å²) in [6.45, 7) is 6.63. The first-order chi connectivity index (χ1) is 9.91. The van der Waals surface area contributed by atoms with Crippen molar-refractivity contribution in [3.05, 3.63) is 0 Å². The molecule has 0 saturated carbocycles. The van der Waals surface area contributed by atoms with E-state index in [1.54, 1.807) is 9.21 Å². The Bertz CT molecular complexity index is 452. The van der Waals surface area contributed by atoms with Crippen LogP contribution in [0.1, 0.15) is 19.8 Å². The van der Waals surface area contributed by atoms with Crippen LogP contribution in [-0.2, 0) is 14.8 Å². The van der Waals surface area contributed by atoms with E-state index < -0.39 is 10.0 Å². The van der Waals surface area contributed by atoms with Gasteiger partial charge in [-0.3, -0.25) is 0 Å². The highest BCUT2D eigenvalue weighted by atomic mass is 32.2. The van der Waals surface area contributed by atoms with Gasteiger partial charge in [0.2, 0.25) is 10.0 Å². The van der Waals surface area contributed by atoms with E-state index in [2.05, 4.69) is 0 Å². The SMILES string of the molecule is CCOC(=O)N1CCC([NH+]2CCN(S(C)(=O)=O)CC2)CC1. The molecule has 2 saturated heterocycles. The first-order valence-electron chi connectivity index (χ1n) is 7.63. The number of likely N-dealkylation sites (tertiary alicyclic amines) is 1. The lowest BCUT2D eigenvalue weighted by Gasteiger charge is -2.39. The lowest BCUT2D eigenvalue weighted by atomic mass is 10.0. The van der Waals surface area contributed by atoms with E-state index in [1.165, 1.54) is 11.2 Å². The number of nitrogens with one attached hydrogen (secondary N) is 1. The lowest BCUT2D eigenvalue weighted by Crippen LogP contribution is -3.18. The van der Waals surface area contributed by atoms with Gasteiger partial charge in [-0.15, -0.1) is 0 Å². The maximum absolute atomic E-state index is 11.7. The molecule has 2 heterocycles. The summed E-state index contributed by atoms with van der Waals surface area (Å²) in [5.41, 5.74) is 0. The molecule has 21 heavy (non-hydrogen) atoms. The molecule has 0 unspecified atom stereocenters. The number of sulfonamides is 1. The highest BCUT2D eigenvalue weighted by molar-refractivity contribution is 7.88. The molecule has 0 spiro atoms. The molecule has 2 rings (SSSR count). The molecule has 8 heteroatoms. The second kappa shape index (κ2) is 6.93. The standard InChI is InChI=1S/C13H25N3O4S/c1-3-20-13(17)15-6-4-12(5-7-15)14-8-10-16(11-9-14)21(2,18)19/h12H,3-11H2,1-2H3/p+1. The quantitative estimate of drug-likeness (QED) is 0.707. The van der Waals surface area contributed by atoms with E-state index in [0.717, 1.165) is 39.0 Å². The van der Waals surface area contributed by atoms with Gasteiger partial charge in [0.1, 0.15) is 0 Å². The van der Waals surface area contributed by atoms with Gasteiger partial charge in [0, 0.05) is 25.9 Å². The Labute approximate surface area is 126 Å². The molecule has 1 amide bonds. The first-order valence-corrected chi connectivity index (χ1v) is 9.48. The fraction of sp³-hybridized carbons (Fsp3) is 0.923. The normalized spacial score (nSPS) is 23.2. The maximum atomic E-state index is 11.7. The zero-order chi connectivity index (χ0) is 15.5. The highest BCUT2D eigenvalue weighted by Crippen LogP contribution is 2.10. The van der Waals surface area contributed by atoms with Gasteiger partial charge in [-0.25, -0.2) is 13.2 Å². The zero-order valence-corrected chi connectivity index (χ0v) is 13.7. The van der Waals surface area contributed by atoms with Crippen LogP contribution in [0.3, 0.4) is 0 Å². The Morgan fingerprint density at radius 3 is 2.24 bits per heavy atom. The monoisotopic (exact) mass is 320 g/mol. The third kappa shape index (κ3) is 4.31. The van der Waals surface area contributed by atoms with E-state index >= 15 is 0 Å². The molecule has 122 valence electrons. The predicted octanol–water partition coefficient (Wildman–Crippen LogP) is -1.23. The Balaban J connectivity index is 1.78. The van der Waals surface area contributed by atoms with Crippen LogP contribution in [0.15, 0.2) is 0 Å². The largest absolute Gasteiger partial charge is 0.450 e. The summed E-state index contributed by atoms with van der Waals surface area (Å²) in [5, 5.41) is 0. The summed E-state index contributed by atoms with van der Waals surface area (Å²) < 4.78 is 29.6. The van der Waals surface area contributed by atoms with Crippen molar-refractivity contribution in [2.24, 2.45) is 0 Å². The topological polar surface area (TPSA) is 71.4 Å². The van der Waals surface area contributed by atoms with Gasteiger partial charge in [0.15, 0.2) is 0 Å². The average Bonchev–Trinajstić information content (AvgIpc) is 2.47. The molecule has 0 radical (unpaired) electrons. The zero-order valence-electron chi connectivity index (χ0n) is 12.9. The minimum atomic E-state index is -3.06. The minimum absolute atomic E-state index is 0.215. The number of ether oxygens (including phenoxy) is 1. The number of hydrogen-bond donors (Lipinski definition) is 1. The van der Waals surface area contributed by atoms with E-state index in [0.29, 0.717) is 25.7 Å². The molecule has 0 atom stereocenters. The third-order valence-corrected chi connectivity index (χ3v) is 5.74. The van der Waals surface area contributed by atoms with Gasteiger partial charge in [-0.05, 0) is 6.92 Å². The molecule has 1 N–H and O–H groups in total. The van der Waals surface area contributed by atoms with E-state index in [-0.39, 0.29) is 6.09 Å². The molecule has 2 aliphatic rings. The van der Waals surface area contributed by atoms with Crippen molar-refractivity contribution in [3.8, 4) is 0 Å². The van der Waals surface area contributed by atoms with Crippen LogP contribution in [0.5, 0.6) is 0 Å². The van der Waals surface area contributed by atoms with Crippen molar-refractivity contribution < 1.29 is 22.8 Å². The molecular weight excluding hydrogens is 294 g/mol. The van der Waals surface area contributed by atoms with Crippen molar-refractivity contribution in [2.75, 3.05) is 52.1 Å². The second-order valence-corrected chi connectivity index (χ2v) is 7.76. The Morgan fingerprint density at radius 1 is 1.19 bits per heavy atom. The first kappa shape index (κ1) is 16.5. The number of quaternary nitrogens is 1. The van der Waals surface area contributed by atoms with Crippen molar-refractivity contribution in [1.29, 1.82) is 0 Å². The Hall–Kier alpha value is -0.860. The fourth-order valence-electron chi connectivity index (χ4n) is 3.20. The number of carbonyl (C=O) groups is 1. The highest BCUT2D eigenvalue weighted by Gasteiger charge is 2.34. The fourth-order valence-corrected chi connectivity index (χ4v) is 4.04. The molecule has 2 fully saturated rings. The predicted molar refractivity (Wildman–Crippen MR) is 78.7 cm³/mol. The number of rotatable bonds is 3. The number of nitrogens with zero attached hydrogens (tertiary/aromatic N) is 2. The summed E-state index contributed by atoms with van der Waals surface area (Å²) in [5.74, 6) is 0. The van der Waals surface area contributed by atoms with Gasteiger partial charge in [-0.1, -0.05) is 0 Å². The van der Waals surface area contributed by atoms with Crippen molar-refractivity contribution in [2.45, 2.75) is 25.8 Å². The number of piperazine rings is 1. The van der Waals surface area contributed by atoms with Crippen LogP contribution >= 0.6 is 0 Å². The molecule has 7 nitrogen and oxygen atoms in total. The van der Waals surface area contributed by atoms with Gasteiger partial charge in [0.05, 0.1) is 45.1 Å². The molecule has 2 aliphatic heterocycles. The Kier molecular flexibility index (Phi) is 5.45. The summed E-state index contributed by atoms with van der Waals surface area (Å²) >= 11 is 0. The van der Waals surface area contributed by atoms with Gasteiger partial charge >= 0.3 is 6.09 Å². The van der Waals surface area contributed by atoms with E-state index in [9.17, 15) is 13.2 Å². The van der Waals surface area contributed by atoms with Crippen LogP contribution in [0.4, 0.5) is 4.79 Å². The number of hydrogen-bond acceptors (Lipinski definition) is 4. The average molecular weight is 320 g/mol. The van der Waals surface area contributed by atoms with Crippen molar-refractivity contribution in [3.63, 3.8) is 0 Å². The third-order valence-electron chi connectivity index (χ3n) is 4.43. The Morgan fingerprint density at radius 2 is 1.76 bits per heavy atom. The van der Waals surface area contributed by atoms with Crippen LogP contribution in [0.25, 0.3) is 0 Å². The smallest absolute Gasteiger partial charge is 0.409 e. The van der Waals surface area contributed by atoms with Gasteiger partial charge in [0.25, 0.3) is 0 Å². The molecular formula is C13H26N3O4S+. The van der Waals surface area contributed by atoms with Crippen LogP contribution in [0, 0.1) is 0 Å². The number of piperidine rings is 1. The van der Waals surface area contributed by atoms with Crippen molar-refractivity contribution in [1.82, 2.24) is 9.21 Å². The molecule has 0 aromatic rings. The summed E-state index contributed by atoms with van der Waals surface area (Å²) in [6, 6.07) is 0.525. The molecule has 0 aromatic heterocycles. The second-order valence-electron chi connectivity index (χ2n) is 5.78. The molecule has 0 aromatic carbocycles. The summed E-state index contributed by atoms with van der Waals surface area (Å²) in [4.78, 5) is 14.9. The number of amides is 1. The van der Waals surface area contributed by atoms with Gasteiger partial charge < -0.3 is 14.5 Å². The summed E-state index contributed by atoms with van der Waals surface area (Å²) in [7, 11) is -3.06. The van der Waals surface area contributed by atoms with E-state index in [4.69, 9.17) is 4.74 Å².